The number of benzene rings is 2. The molecule has 0 saturated carbocycles. The lowest BCUT2D eigenvalue weighted by atomic mass is 9.95. The number of anilines is 2. The van der Waals surface area contributed by atoms with Gasteiger partial charge in [0.05, 0.1) is 5.56 Å². The molecule has 0 bridgehead atoms. The number of nitrogens with one attached hydrogen (secondary N) is 1. The SMILES string of the molecule is C=C(c1ccc2cc(C)ccc2c1)c1c(N)ncnc1N(C)CC1CCNCC1. The van der Waals surface area contributed by atoms with Gasteiger partial charge in [-0.1, -0.05) is 42.5 Å². The Kier molecular flexibility index (Phi) is 5.49. The van der Waals surface area contributed by atoms with Gasteiger partial charge in [-0.15, -0.1) is 0 Å². The third-order valence-corrected chi connectivity index (χ3v) is 5.85. The Balaban J connectivity index is 1.67. The molecule has 1 aromatic heterocycles. The molecular weight excluding hydrogens is 358 g/mol. The van der Waals surface area contributed by atoms with Crippen molar-refractivity contribution in [1.82, 2.24) is 15.3 Å². The second-order valence-electron chi connectivity index (χ2n) is 8.08. The Labute approximate surface area is 172 Å². The van der Waals surface area contributed by atoms with Gasteiger partial charge in [-0.2, -0.15) is 0 Å². The molecular formula is C24H29N5. The molecule has 3 aromatic rings. The van der Waals surface area contributed by atoms with E-state index >= 15 is 0 Å². The van der Waals surface area contributed by atoms with Crippen LogP contribution >= 0.6 is 0 Å². The van der Waals surface area contributed by atoms with E-state index in [1.165, 1.54) is 29.2 Å². The lowest BCUT2D eigenvalue weighted by molar-refractivity contribution is 0.377. The summed E-state index contributed by atoms with van der Waals surface area (Å²) in [5, 5.41) is 5.84. The Morgan fingerprint density at radius 1 is 1.14 bits per heavy atom. The van der Waals surface area contributed by atoms with E-state index in [0.29, 0.717) is 11.7 Å². The second-order valence-corrected chi connectivity index (χ2v) is 8.08. The standard InChI is InChI=1S/C24H29N5/c1-16-4-5-21-13-19(6-7-20(21)12-16)17(2)22-23(25)27-15-28-24(22)29(3)14-18-8-10-26-11-9-18/h4-7,12-13,15,18,26H,2,8-11,14H2,1,3H3,(H2,25,27,28). The van der Waals surface area contributed by atoms with E-state index in [9.17, 15) is 0 Å². The van der Waals surface area contributed by atoms with E-state index in [2.05, 4.69) is 77.1 Å². The first-order valence-corrected chi connectivity index (χ1v) is 10.3. The maximum Gasteiger partial charge on any atom is 0.141 e. The minimum atomic E-state index is 0.473. The summed E-state index contributed by atoms with van der Waals surface area (Å²) in [7, 11) is 2.09. The van der Waals surface area contributed by atoms with Crippen molar-refractivity contribution in [1.29, 1.82) is 0 Å². The van der Waals surface area contributed by atoms with E-state index in [1.54, 1.807) is 6.33 Å². The highest BCUT2D eigenvalue weighted by Crippen LogP contribution is 2.34. The molecule has 2 heterocycles. The van der Waals surface area contributed by atoms with Gasteiger partial charge in [0.25, 0.3) is 0 Å². The first kappa shape index (κ1) is 19.4. The molecule has 0 radical (unpaired) electrons. The van der Waals surface area contributed by atoms with Crippen molar-refractivity contribution >= 4 is 28.0 Å². The van der Waals surface area contributed by atoms with Crippen molar-refractivity contribution in [2.45, 2.75) is 19.8 Å². The number of aromatic nitrogens is 2. The lowest BCUT2D eigenvalue weighted by Gasteiger charge is -2.29. The zero-order valence-electron chi connectivity index (χ0n) is 17.3. The van der Waals surface area contributed by atoms with Crippen LogP contribution in [0.2, 0.25) is 0 Å². The number of nitrogens with two attached hydrogens (primary N) is 1. The first-order valence-electron chi connectivity index (χ1n) is 10.3. The van der Waals surface area contributed by atoms with E-state index < -0.39 is 0 Å². The van der Waals surface area contributed by atoms with Gasteiger partial charge in [0.1, 0.15) is 18.0 Å². The molecule has 4 rings (SSSR count). The maximum atomic E-state index is 6.31. The molecule has 1 aliphatic heterocycles. The summed E-state index contributed by atoms with van der Waals surface area (Å²) >= 11 is 0. The van der Waals surface area contributed by atoms with Crippen molar-refractivity contribution in [2.75, 3.05) is 37.3 Å². The van der Waals surface area contributed by atoms with Crippen molar-refractivity contribution < 1.29 is 0 Å². The number of nitrogen functional groups attached to an aromatic ring is 1. The van der Waals surface area contributed by atoms with Crippen LogP contribution in [-0.4, -0.2) is 36.6 Å². The zero-order valence-corrected chi connectivity index (χ0v) is 17.3. The monoisotopic (exact) mass is 387 g/mol. The highest BCUT2D eigenvalue weighted by molar-refractivity contribution is 5.93. The molecule has 0 atom stereocenters. The number of piperidine rings is 1. The normalized spacial score (nSPS) is 14.8. The van der Waals surface area contributed by atoms with Gasteiger partial charge < -0.3 is 16.0 Å². The van der Waals surface area contributed by atoms with Crippen LogP contribution in [0.25, 0.3) is 16.3 Å². The van der Waals surface area contributed by atoms with Crippen LogP contribution in [0, 0.1) is 12.8 Å². The highest BCUT2D eigenvalue weighted by atomic mass is 15.2. The van der Waals surface area contributed by atoms with Crippen molar-refractivity contribution in [2.24, 2.45) is 5.92 Å². The fourth-order valence-electron chi connectivity index (χ4n) is 4.20. The van der Waals surface area contributed by atoms with Gasteiger partial charge in [0, 0.05) is 13.6 Å². The van der Waals surface area contributed by atoms with Crippen LogP contribution in [0.3, 0.4) is 0 Å². The topological polar surface area (TPSA) is 67.1 Å². The molecule has 1 aliphatic rings. The van der Waals surface area contributed by atoms with Crippen LogP contribution in [0.5, 0.6) is 0 Å². The molecule has 0 spiro atoms. The van der Waals surface area contributed by atoms with E-state index in [-0.39, 0.29) is 0 Å². The molecule has 1 fully saturated rings. The quantitative estimate of drug-likeness (QED) is 0.692. The minimum Gasteiger partial charge on any atom is -0.383 e. The molecule has 1 saturated heterocycles. The number of hydrogen-bond acceptors (Lipinski definition) is 5. The van der Waals surface area contributed by atoms with E-state index in [1.807, 2.05) is 0 Å². The van der Waals surface area contributed by atoms with Crippen LogP contribution in [-0.2, 0) is 0 Å². The predicted octanol–water partition coefficient (Wildman–Crippen LogP) is 4.02. The van der Waals surface area contributed by atoms with Crippen LogP contribution in [0.4, 0.5) is 11.6 Å². The van der Waals surface area contributed by atoms with Crippen molar-refractivity contribution in [3.63, 3.8) is 0 Å². The third kappa shape index (κ3) is 4.10. The highest BCUT2D eigenvalue weighted by Gasteiger charge is 2.21. The number of rotatable bonds is 5. The van der Waals surface area contributed by atoms with E-state index in [4.69, 9.17) is 5.73 Å². The summed E-state index contributed by atoms with van der Waals surface area (Å²) < 4.78 is 0. The molecule has 0 amide bonds. The van der Waals surface area contributed by atoms with Crippen molar-refractivity contribution in [3.05, 3.63) is 66.0 Å². The molecule has 5 nitrogen and oxygen atoms in total. The average molecular weight is 388 g/mol. The van der Waals surface area contributed by atoms with Crippen LogP contribution in [0.15, 0.2) is 49.3 Å². The summed E-state index contributed by atoms with van der Waals surface area (Å²) in [5.74, 6) is 1.98. The lowest BCUT2D eigenvalue weighted by Crippen LogP contribution is -2.35. The Hall–Kier alpha value is -2.92. The molecule has 0 aliphatic carbocycles. The number of hydrogen-bond donors (Lipinski definition) is 2. The molecule has 29 heavy (non-hydrogen) atoms. The zero-order chi connectivity index (χ0) is 20.4. The van der Waals surface area contributed by atoms with Gasteiger partial charge in [0.15, 0.2) is 0 Å². The third-order valence-electron chi connectivity index (χ3n) is 5.85. The maximum absolute atomic E-state index is 6.31. The fraction of sp³-hybridized carbons (Fsp3) is 0.333. The second kappa shape index (κ2) is 8.21. The summed E-state index contributed by atoms with van der Waals surface area (Å²) in [4.78, 5) is 11.0. The Bertz CT molecular complexity index is 1040. The Morgan fingerprint density at radius 2 is 1.86 bits per heavy atom. The summed E-state index contributed by atoms with van der Waals surface area (Å²) in [5.41, 5.74) is 10.3. The molecule has 5 heteroatoms. The van der Waals surface area contributed by atoms with Gasteiger partial charge in [-0.25, -0.2) is 9.97 Å². The average Bonchev–Trinajstić information content (AvgIpc) is 2.73. The molecule has 2 aromatic carbocycles. The predicted molar refractivity (Wildman–Crippen MR) is 122 cm³/mol. The van der Waals surface area contributed by atoms with Gasteiger partial charge in [-0.3, -0.25) is 0 Å². The summed E-state index contributed by atoms with van der Waals surface area (Å²) in [6, 6.07) is 12.9. The summed E-state index contributed by atoms with van der Waals surface area (Å²) in [6.45, 7) is 9.61. The molecule has 0 unspecified atom stereocenters. The molecule has 3 N–H and O–H groups in total. The fourth-order valence-corrected chi connectivity index (χ4v) is 4.20. The van der Waals surface area contributed by atoms with Gasteiger partial charge >= 0.3 is 0 Å². The number of nitrogens with zero attached hydrogens (tertiary/aromatic N) is 3. The van der Waals surface area contributed by atoms with Crippen LogP contribution < -0.4 is 16.0 Å². The minimum absolute atomic E-state index is 0.473. The molecule has 150 valence electrons. The largest absolute Gasteiger partial charge is 0.383 e. The first-order chi connectivity index (χ1) is 14.0. The van der Waals surface area contributed by atoms with Gasteiger partial charge in [-0.05, 0) is 66.7 Å². The van der Waals surface area contributed by atoms with Crippen LogP contribution in [0.1, 0.15) is 29.5 Å². The Morgan fingerprint density at radius 3 is 2.66 bits per heavy atom. The number of fused-ring (bicyclic) bond motifs is 1. The van der Waals surface area contributed by atoms with E-state index in [0.717, 1.165) is 42.2 Å². The van der Waals surface area contributed by atoms with Crippen molar-refractivity contribution in [3.8, 4) is 0 Å². The number of aryl methyl sites for hydroxylation is 1. The smallest absolute Gasteiger partial charge is 0.141 e. The summed E-state index contributed by atoms with van der Waals surface area (Å²) in [6.07, 6.45) is 3.92. The van der Waals surface area contributed by atoms with Gasteiger partial charge in [0.2, 0.25) is 0 Å².